The van der Waals surface area contributed by atoms with Crippen LogP contribution in [0.2, 0.25) is 5.02 Å². The summed E-state index contributed by atoms with van der Waals surface area (Å²) in [6.07, 6.45) is 0.0368. The molecule has 0 unspecified atom stereocenters. The van der Waals surface area contributed by atoms with Gasteiger partial charge in [-0.1, -0.05) is 11.6 Å². The van der Waals surface area contributed by atoms with E-state index >= 15 is 0 Å². The number of methoxy groups -OCH3 is 1. The zero-order chi connectivity index (χ0) is 15.4. The minimum absolute atomic E-state index is 0.0368. The quantitative estimate of drug-likeness (QED) is 0.843. The third-order valence-corrected chi connectivity index (χ3v) is 3.57. The Balaban J connectivity index is 2.07. The van der Waals surface area contributed by atoms with Gasteiger partial charge in [0.15, 0.2) is 5.13 Å². The summed E-state index contributed by atoms with van der Waals surface area (Å²) in [5.41, 5.74) is 0.589. The number of ether oxygens (including phenoxy) is 1. The summed E-state index contributed by atoms with van der Waals surface area (Å²) in [5, 5.41) is 14.5. The lowest BCUT2D eigenvalue weighted by Crippen LogP contribution is -2.12. The van der Waals surface area contributed by atoms with Crippen molar-refractivity contribution in [3.8, 4) is 5.75 Å². The van der Waals surface area contributed by atoms with E-state index in [1.54, 1.807) is 5.38 Å². The molecule has 0 fully saturated rings. The van der Waals surface area contributed by atoms with Gasteiger partial charge in [-0.3, -0.25) is 14.9 Å². The van der Waals surface area contributed by atoms with Gasteiger partial charge in [-0.15, -0.1) is 11.3 Å². The van der Waals surface area contributed by atoms with Crippen molar-refractivity contribution in [2.45, 2.75) is 6.42 Å². The van der Waals surface area contributed by atoms with Gasteiger partial charge in [0.1, 0.15) is 5.75 Å². The molecule has 2 N–H and O–H groups in total. The fraction of sp³-hybridized carbons (Fsp3) is 0.154. The Hall–Kier alpha value is -2.12. The van der Waals surface area contributed by atoms with Crippen molar-refractivity contribution < 1.29 is 19.4 Å². The fourth-order valence-corrected chi connectivity index (χ4v) is 2.40. The molecule has 0 bridgehead atoms. The molecule has 0 aliphatic heterocycles. The second-order valence-electron chi connectivity index (χ2n) is 4.01. The van der Waals surface area contributed by atoms with Gasteiger partial charge >= 0.3 is 5.97 Å². The first-order chi connectivity index (χ1) is 9.99. The molecule has 1 aromatic heterocycles. The number of benzene rings is 1. The van der Waals surface area contributed by atoms with Gasteiger partial charge < -0.3 is 9.84 Å². The molecule has 6 nitrogen and oxygen atoms in total. The van der Waals surface area contributed by atoms with Crippen molar-refractivity contribution in [3.63, 3.8) is 0 Å². The number of rotatable bonds is 4. The number of hydrogen-bond donors (Lipinski definition) is 2. The lowest BCUT2D eigenvalue weighted by Gasteiger charge is -2.04. The third-order valence-electron chi connectivity index (χ3n) is 2.53. The van der Waals surface area contributed by atoms with Gasteiger partial charge in [-0.2, -0.15) is 0 Å². The van der Waals surface area contributed by atoms with E-state index in [1.807, 2.05) is 0 Å². The number of carbonyl (C=O) groups is 2. The number of thiazole rings is 1. The number of hydrogen-bond acceptors (Lipinski definition) is 6. The number of aromatic hydroxyl groups is 1. The SMILES string of the molecule is COC(=O)Cc1csc(NC(=O)c2ccc(Cl)cc2O)n1. The zero-order valence-corrected chi connectivity index (χ0v) is 12.5. The van der Waals surface area contributed by atoms with Gasteiger partial charge in [-0.25, -0.2) is 4.98 Å². The molecule has 0 aliphatic rings. The molecule has 0 saturated carbocycles. The first-order valence-electron chi connectivity index (χ1n) is 5.80. The van der Waals surface area contributed by atoms with Gasteiger partial charge in [-0.05, 0) is 18.2 Å². The van der Waals surface area contributed by atoms with Crippen LogP contribution in [0.4, 0.5) is 5.13 Å². The van der Waals surface area contributed by atoms with Crippen LogP contribution < -0.4 is 5.32 Å². The van der Waals surface area contributed by atoms with Crippen molar-refractivity contribution in [2.75, 3.05) is 12.4 Å². The lowest BCUT2D eigenvalue weighted by atomic mass is 10.2. The van der Waals surface area contributed by atoms with Gasteiger partial charge in [0, 0.05) is 10.4 Å². The number of nitrogens with zero attached hydrogens (tertiary/aromatic N) is 1. The highest BCUT2D eigenvalue weighted by atomic mass is 35.5. The summed E-state index contributed by atoms with van der Waals surface area (Å²) in [7, 11) is 1.29. The Morgan fingerprint density at radius 1 is 1.48 bits per heavy atom. The van der Waals surface area contributed by atoms with Crippen molar-refractivity contribution >= 4 is 39.9 Å². The Kier molecular flexibility index (Phi) is 4.77. The predicted molar refractivity (Wildman–Crippen MR) is 78.9 cm³/mol. The lowest BCUT2D eigenvalue weighted by molar-refractivity contribution is -0.139. The average molecular weight is 327 g/mol. The van der Waals surface area contributed by atoms with Crippen molar-refractivity contribution in [2.24, 2.45) is 0 Å². The second kappa shape index (κ2) is 6.55. The van der Waals surface area contributed by atoms with E-state index in [0.717, 1.165) is 0 Å². The largest absolute Gasteiger partial charge is 0.507 e. The van der Waals surface area contributed by atoms with Gasteiger partial charge in [0.05, 0.1) is 24.8 Å². The third kappa shape index (κ3) is 3.93. The minimum atomic E-state index is -0.511. The van der Waals surface area contributed by atoms with Crippen LogP contribution in [-0.4, -0.2) is 29.1 Å². The van der Waals surface area contributed by atoms with E-state index < -0.39 is 11.9 Å². The van der Waals surface area contributed by atoms with Crippen molar-refractivity contribution in [1.82, 2.24) is 4.98 Å². The number of anilines is 1. The summed E-state index contributed by atoms with van der Waals surface area (Å²) in [5.74, 6) is -1.14. The molecule has 0 saturated heterocycles. The van der Waals surface area contributed by atoms with Crippen LogP contribution in [0.5, 0.6) is 5.75 Å². The molecule has 8 heteroatoms. The van der Waals surface area contributed by atoms with E-state index in [2.05, 4.69) is 15.0 Å². The molecule has 21 heavy (non-hydrogen) atoms. The summed E-state index contributed by atoms with van der Waals surface area (Å²) in [4.78, 5) is 27.2. The smallest absolute Gasteiger partial charge is 0.311 e. The monoisotopic (exact) mass is 326 g/mol. The summed E-state index contributed by atoms with van der Waals surface area (Å²) in [6.45, 7) is 0. The van der Waals surface area contributed by atoms with Crippen LogP contribution >= 0.6 is 22.9 Å². The maximum Gasteiger partial charge on any atom is 0.311 e. The van der Waals surface area contributed by atoms with Crippen LogP contribution in [0.3, 0.4) is 0 Å². The summed E-state index contributed by atoms with van der Waals surface area (Å²) >= 11 is 6.88. The average Bonchev–Trinajstić information content (AvgIpc) is 2.85. The molecule has 0 atom stereocenters. The number of nitrogens with one attached hydrogen (secondary N) is 1. The molecule has 2 aromatic rings. The number of aromatic nitrogens is 1. The molecule has 0 radical (unpaired) electrons. The molecule has 1 amide bonds. The van der Waals surface area contributed by atoms with Gasteiger partial charge in [0.25, 0.3) is 5.91 Å². The number of phenols is 1. The van der Waals surface area contributed by atoms with Crippen LogP contribution in [0.25, 0.3) is 0 Å². The fourth-order valence-electron chi connectivity index (χ4n) is 1.53. The molecular formula is C13H11ClN2O4S. The molecule has 2 rings (SSSR count). The predicted octanol–water partition coefficient (Wildman–Crippen LogP) is 2.47. The molecule has 110 valence electrons. The first kappa shape index (κ1) is 15.3. The Morgan fingerprint density at radius 2 is 2.24 bits per heavy atom. The number of phenolic OH excluding ortho intramolecular Hbond substituents is 1. The summed E-state index contributed by atoms with van der Waals surface area (Å²) < 4.78 is 4.53. The normalized spacial score (nSPS) is 10.2. The number of carbonyl (C=O) groups excluding carboxylic acids is 2. The highest BCUT2D eigenvalue weighted by Gasteiger charge is 2.14. The molecule has 1 heterocycles. The van der Waals surface area contributed by atoms with E-state index in [-0.39, 0.29) is 17.7 Å². The maximum atomic E-state index is 12.0. The van der Waals surface area contributed by atoms with Crippen LogP contribution in [0.1, 0.15) is 16.1 Å². The highest BCUT2D eigenvalue weighted by Crippen LogP contribution is 2.24. The Labute approximate surface area is 129 Å². The number of amides is 1. The number of halogens is 1. The summed E-state index contributed by atoms with van der Waals surface area (Å²) in [6, 6.07) is 4.19. The Bertz CT molecular complexity index is 687. The standard InChI is InChI=1S/C13H11ClN2O4S/c1-20-11(18)5-8-6-21-13(15-8)16-12(19)9-3-2-7(14)4-10(9)17/h2-4,6,17H,5H2,1H3,(H,15,16,19). The van der Waals surface area contributed by atoms with Gasteiger partial charge in [0.2, 0.25) is 0 Å². The molecular weight excluding hydrogens is 316 g/mol. The van der Waals surface area contributed by atoms with Crippen LogP contribution in [0, 0.1) is 0 Å². The topological polar surface area (TPSA) is 88.5 Å². The van der Waals surface area contributed by atoms with E-state index in [1.165, 1.54) is 36.6 Å². The van der Waals surface area contributed by atoms with E-state index in [9.17, 15) is 14.7 Å². The van der Waals surface area contributed by atoms with E-state index in [4.69, 9.17) is 11.6 Å². The first-order valence-corrected chi connectivity index (χ1v) is 7.06. The highest BCUT2D eigenvalue weighted by molar-refractivity contribution is 7.14. The van der Waals surface area contributed by atoms with E-state index in [0.29, 0.717) is 15.8 Å². The maximum absolute atomic E-state index is 12.0. The minimum Gasteiger partial charge on any atom is -0.507 e. The van der Waals surface area contributed by atoms with Crippen LogP contribution in [-0.2, 0) is 16.0 Å². The molecule has 1 aromatic carbocycles. The number of esters is 1. The zero-order valence-electron chi connectivity index (χ0n) is 10.9. The van der Waals surface area contributed by atoms with Crippen LogP contribution in [0.15, 0.2) is 23.6 Å². The van der Waals surface area contributed by atoms with Crippen molar-refractivity contribution in [3.05, 3.63) is 39.9 Å². The molecule has 0 aliphatic carbocycles. The Morgan fingerprint density at radius 3 is 2.90 bits per heavy atom. The van der Waals surface area contributed by atoms with Crippen molar-refractivity contribution in [1.29, 1.82) is 0 Å². The second-order valence-corrected chi connectivity index (χ2v) is 5.31. The molecule has 0 spiro atoms.